The lowest BCUT2D eigenvalue weighted by Crippen LogP contribution is -2.10. The molecule has 1 aromatic carbocycles. The largest absolute Gasteiger partial charge is 0.286 e. The van der Waals surface area contributed by atoms with Crippen molar-refractivity contribution in [3.63, 3.8) is 0 Å². The summed E-state index contributed by atoms with van der Waals surface area (Å²) < 4.78 is 5.43. The number of carbonyl (C=O) groups excluding carboxylic acids is 1. The Morgan fingerprint density at radius 3 is 2.86 bits per heavy atom. The minimum atomic E-state index is -0.137. The Balaban J connectivity index is 2.00. The van der Waals surface area contributed by atoms with Crippen molar-refractivity contribution in [2.24, 2.45) is 0 Å². The summed E-state index contributed by atoms with van der Waals surface area (Å²) in [5.41, 5.74) is 1.96. The van der Waals surface area contributed by atoms with Crippen LogP contribution in [0.1, 0.15) is 34.4 Å². The van der Waals surface area contributed by atoms with Gasteiger partial charge < -0.3 is 0 Å². The highest BCUT2D eigenvalue weighted by Gasteiger charge is 2.22. The van der Waals surface area contributed by atoms with Crippen LogP contribution in [-0.2, 0) is 6.42 Å². The molecule has 0 saturated heterocycles. The Bertz CT molecular complexity index is 750. The molecule has 0 amide bonds. The maximum absolute atomic E-state index is 12.7. The SMILES string of the molecule is CCCc1nnsc1C(=O)c1cnnn1-c1ccccc1. The fraction of sp³-hybridized carbons (Fsp3) is 0.214. The number of aryl methyl sites for hydroxylation is 1. The second kappa shape index (κ2) is 5.92. The van der Waals surface area contributed by atoms with Crippen molar-refractivity contribution in [3.05, 3.63) is 52.8 Å². The van der Waals surface area contributed by atoms with Gasteiger partial charge in [-0.15, -0.1) is 10.2 Å². The van der Waals surface area contributed by atoms with Gasteiger partial charge in [0.1, 0.15) is 10.6 Å². The number of rotatable bonds is 5. The summed E-state index contributed by atoms with van der Waals surface area (Å²) in [6, 6.07) is 9.45. The Morgan fingerprint density at radius 2 is 2.10 bits per heavy atom. The van der Waals surface area contributed by atoms with E-state index in [0.717, 1.165) is 35.8 Å². The highest BCUT2D eigenvalue weighted by Crippen LogP contribution is 2.19. The third-order valence-electron chi connectivity index (χ3n) is 3.03. The number of benzene rings is 1. The molecule has 106 valence electrons. The molecule has 7 heteroatoms. The van der Waals surface area contributed by atoms with Crippen LogP contribution in [0.15, 0.2) is 36.5 Å². The van der Waals surface area contributed by atoms with Crippen LogP contribution in [0, 0.1) is 0 Å². The summed E-state index contributed by atoms with van der Waals surface area (Å²) in [5.74, 6) is -0.137. The van der Waals surface area contributed by atoms with Gasteiger partial charge in [-0.3, -0.25) is 4.79 Å². The number of carbonyl (C=O) groups is 1. The smallest absolute Gasteiger partial charge is 0.226 e. The average molecular weight is 299 g/mol. The highest BCUT2D eigenvalue weighted by molar-refractivity contribution is 7.08. The molecule has 6 nitrogen and oxygen atoms in total. The van der Waals surface area contributed by atoms with Crippen LogP contribution < -0.4 is 0 Å². The molecule has 0 aliphatic heterocycles. The van der Waals surface area contributed by atoms with Gasteiger partial charge in [-0.1, -0.05) is 41.2 Å². The van der Waals surface area contributed by atoms with Crippen LogP contribution in [0.5, 0.6) is 0 Å². The van der Waals surface area contributed by atoms with Crippen molar-refractivity contribution in [1.29, 1.82) is 0 Å². The quantitative estimate of drug-likeness (QED) is 0.676. The van der Waals surface area contributed by atoms with Crippen molar-refractivity contribution in [3.8, 4) is 5.69 Å². The average Bonchev–Trinajstić information content (AvgIpc) is 3.17. The number of ketones is 1. The Morgan fingerprint density at radius 1 is 1.29 bits per heavy atom. The molecule has 0 bridgehead atoms. The molecule has 2 aromatic heterocycles. The van der Waals surface area contributed by atoms with E-state index in [-0.39, 0.29) is 5.78 Å². The van der Waals surface area contributed by atoms with Gasteiger partial charge in [0.15, 0.2) is 0 Å². The summed E-state index contributed by atoms with van der Waals surface area (Å²) >= 11 is 1.12. The van der Waals surface area contributed by atoms with Crippen LogP contribution in [0.2, 0.25) is 0 Å². The summed E-state index contributed by atoms with van der Waals surface area (Å²) in [7, 11) is 0. The minimum absolute atomic E-state index is 0.137. The molecule has 0 N–H and O–H groups in total. The Kier molecular flexibility index (Phi) is 3.83. The standard InChI is InChI=1S/C14H13N5OS/c1-2-6-11-14(21-18-16-11)13(20)12-9-15-17-19(12)10-7-4-3-5-8-10/h3-5,7-9H,2,6H2,1H3. The molecule has 0 fully saturated rings. The van der Waals surface area contributed by atoms with Crippen LogP contribution >= 0.6 is 11.5 Å². The lowest BCUT2D eigenvalue weighted by atomic mass is 10.1. The second-order valence-electron chi connectivity index (χ2n) is 4.49. The van der Waals surface area contributed by atoms with E-state index in [1.54, 1.807) is 0 Å². The van der Waals surface area contributed by atoms with Gasteiger partial charge in [0.05, 0.1) is 17.6 Å². The van der Waals surface area contributed by atoms with E-state index >= 15 is 0 Å². The van der Waals surface area contributed by atoms with Gasteiger partial charge in [-0.25, -0.2) is 4.68 Å². The van der Waals surface area contributed by atoms with Crippen molar-refractivity contribution >= 4 is 17.3 Å². The predicted molar refractivity (Wildman–Crippen MR) is 78.7 cm³/mol. The molecular formula is C14H13N5OS. The summed E-state index contributed by atoms with van der Waals surface area (Å²) in [6.45, 7) is 2.05. The lowest BCUT2D eigenvalue weighted by Gasteiger charge is -2.04. The second-order valence-corrected chi connectivity index (χ2v) is 5.25. The van der Waals surface area contributed by atoms with Crippen molar-refractivity contribution in [2.75, 3.05) is 0 Å². The molecule has 2 heterocycles. The molecule has 0 spiro atoms. The summed E-state index contributed by atoms with van der Waals surface area (Å²) in [6.07, 6.45) is 3.14. The van der Waals surface area contributed by atoms with Gasteiger partial charge in [-0.2, -0.15) is 0 Å². The molecule has 21 heavy (non-hydrogen) atoms. The molecule has 0 aliphatic carbocycles. The first-order valence-corrected chi connectivity index (χ1v) is 7.40. The van der Waals surface area contributed by atoms with Gasteiger partial charge >= 0.3 is 0 Å². The molecule has 3 rings (SSSR count). The van der Waals surface area contributed by atoms with E-state index in [4.69, 9.17) is 0 Å². The first-order chi connectivity index (χ1) is 10.3. The van der Waals surface area contributed by atoms with E-state index in [0.29, 0.717) is 10.6 Å². The van der Waals surface area contributed by atoms with E-state index in [1.165, 1.54) is 10.9 Å². The molecular weight excluding hydrogens is 286 g/mol. The number of para-hydroxylation sites is 1. The van der Waals surface area contributed by atoms with Crippen LogP contribution in [0.4, 0.5) is 0 Å². The number of hydrogen-bond donors (Lipinski definition) is 0. The lowest BCUT2D eigenvalue weighted by molar-refractivity contribution is 0.103. The first kappa shape index (κ1) is 13.6. The maximum atomic E-state index is 12.7. The van der Waals surface area contributed by atoms with Crippen LogP contribution in [-0.4, -0.2) is 30.4 Å². The molecule has 0 atom stereocenters. The van der Waals surface area contributed by atoms with E-state index in [9.17, 15) is 4.79 Å². The zero-order valence-corrected chi connectivity index (χ0v) is 12.2. The Labute approximate surface area is 125 Å². The molecule has 0 radical (unpaired) electrons. The fourth-order valence-electron chi connectivity index (χ4n) is 2.05. The van der Waals surface area contributed by atoms with Gasteiger partial charge in [0, 0.05) is 0 Å². The normalized spacial score (nSPS) is 10.7. The molecule has 0 aliphatic rings. The third-order valence-corrected chi connectivity index (χ3v) is 3.80. The molecule has 0 saturated carbocycles. The number of nitrogens with zero attached hydrogens (tertiary/aromatic N) is 5. The summed E-state index contributed by atoms with van der Waals surface area (Å²) in [4.78, 5) is 13.3. The maximum Gasteiger partial charge on any atom is 0.226 e. The van der Waals surface area contributed by atoms with Gasteiger partial charge in [0.2, 0.25) is 5.78 Å². The van der Waals surface area contributed by atoms with Crippen molar-refractivity contribution in [1.82, 2.24) is 24.6 Å². The zero-order valence-electron chi connectivity index (χ0n) is 11.4. The highest BCUT2D eigenvalue weighted by atomic mass is 32.1. The molecule has 0 unspecified atom stereocenters. The predicted octanol–water partition coefficient (Wildman–Crippen LogP) is 2.30. The topological polar surface area (TPSA) is 73.6 Å². The van der Waals surface area contributed by atoms with E-state index in [1.807, 2.05) is 37.3 Å². The van der Waals surface area contributed by atoms with Crippen LogP contribution in [0.3, 0.4) is 0 Å². The van der Waals surface area contributed by atoms with Crippen molar-refractivity contribution < 1.29 is 4.79 Å². The van der Waals surface area contributed by atoms with Crippen LogP contribution in [0.25, 0.3) is 5.69 Å². The first-order valence-electron chi connectivity index (χ1n) is 6.63. The Hall–Kier alpha value is -2.41. The summed E-state index contributed by atoms with van der Waals surface area (Å²) in [5, 5.41) is 11.9. The number of aromatic nitrogens is 5. The van der Waals surface area contributed by atoms with E-state index < -0.39 is 0 Å². The minimum Gasteiger partial charge on any atom is -0.286 e. The van der Waals surface area contributed by atoms with Gasteiger partial charge in [0.25, 0.3) is 0 Å². The van der Waals surface area contributed by atoms with E-state index in [2.05, 4.69) is 19.9 Å². The monoisotopic (exact) mass is 299 g/mol. The number of hydrogen-bond acceptors (Lipinski definition) is 6. The zero-order chi connectivity index (χ0) is 14.7. The molecule has 3 aromatic rings. The third kappa shape index (κ3) is 2.59. The van der Waals surface area contributed by atoms with Gasteiger partial charge in [-0.05, 0) is 30.1 Å². The fourth-order valence-corrected chi connectivity index (χ4v) is 2.70. The van der Waals surface area contributed by atoms with Crippen molar-refractivity contribution in [2.45, 2.75) is 19.8 Å².